The maximum atomic E-state index is 11.9. The number of amides is 1. The van der Waals surface area contributed by atoms with Crippen LogP contribution in [0.25, 0.3) is 0 Å². The molecule has 4 nitrogen and oxygen atoms in total. The molecule has 1 aromatic rings. The van der Waals surface area contributed by atoms with Crippen LogP contribution in [0.5, 0.6) is 0 Å². The number of nitrogens with one attached hydrogen (secondary N) is 2. The van der Waals surface area contributed by atoms with E-state index in [-0.39, 0.29) is 11.9 Å². The summed E-state index contributed by atoms with van der Waals surface area (Å²) >= 11 is 0. The van der Waals surface area contributed by atoms with Crippen LogP contribution in [0.3, 0.4) is 0 Å². The molecule has 1 aliphatic rings. The molecule has 2 rings (SSSR count). The SMILES string of the molecule is C[C@H](NC(=O)CC1CCNCC1)c1cccnc1. The van der Waals surface area contributed by atoms with Gasteiger partial charge < -0.3 is 10.6 Å². The molecule has 0 radical (unpaired) electrons. The Hall–Kier alpha value is -1.42. The van der Waals surface area contributed by atoms with Crippen molar-refractivity contribution < 1.29 is 4.79 Å². The number of pyridine rings is 1. The zero-order valence-electron chi connectivity index (χ0n) is 10.9. The van der Waals surface area contributed by atoms with Crippen molar-refractivity contribution in [3.8, 4) is 0 Å². The molecule has 98 valence electrons. The van der Waals surface area contributed by atoms with Gasteiger partial charge in [-0.1, -0.05) is 6.07 Å². The van der Waals surface area contributed by atoms with Crippen molar-refractivity contribution in [2.75, 3.05) is 13.1 Å². The van der Waals surface area contributed by atoms with E-state index >= 15 is 0 Å². The number of rotatable bonds is 4. The minimum atomic E-state index is 0.0351. The van der Waals surface area contributed by atoms with Crippen molar-refractivity contribution in [1.82, 2.24) is 15.6 Å². The standard InChI is InChI=1S/C14H21N3O/c1-11(13-3-2-6-16-10-13)17-14(18)9-12-4-7-15-8-5-12/h2-3,6,10-12,15H,4-5,7-9H2,1H3,(H,17,18)/t11-/m0/s1. The third-order valence-electron chi connectivity index (χ3n) is 3.49. The highest BCUT2D eigenvalue weighted by molar-refractivity contribution is 5.76. The smallest absolute Gasteiger partial charge is 0.220 e. The molecular formula is C14H21N3O. The van der Waals surface area contributed by atoms with Crippen LogP contribution in [0.4, 0.5) is 0 Å². The van der Waals surface area contributed by atoms with Crippen LogP contribution in [-0.2, 0) is 4.79 Å². The van der Waals surface area contributed by atoms with E-state index in [2.05, 4.69) is 15.6 Å². The summed E-state index contributed by atoms with van der Waals surface area (Å²) in [5.41, 5.74) is 1.05. The van der Waals surface area contributed by atoms with Crippen LogP contribution < -0.4 is 10.6 Å². The summed E-state index contributed by atoms with van der Waals surface area (Å²) < 4.78 is 0. The topological polar surface area (TPSA) is 54.0 Å². The molecule has 18 heavy (non-hydrogen) atoms. The number of carbonyl (C=O) groups excluding carboxylic acids is 1. The highest BCUT2D eigenvalue weighted by Gasteiger charge is 2.18. The van der Waals surface area contributed by atoms with E-state index in [1.165, 1.54) is 0 Å². The van der Waals surface area contributed by atoms with E-state index in [0.29, 0.717) is 12.3 Å². The first kappa shape index (κ1) is 13.0. The molecule has 0 spiro atoms. The highest BCUT2D eigenvalue weighted by Crippen LogP contribution is 2.17. The first-order valence-corrected chi connectivity index (χ1v) is 6.65. The number of aromatic nitrogens is 1. The van der Waals surface area contributed by atoms with Crippen molar-refractivity contribution in [3.63, 3.8) is 0 Å². The summed E-state index contributed by atoms with van der Waals surface area (Å²) in [4.78, 5) is 16.0. The summed E-state index contributed by atoms with van der Waals surface area (Å²) in [7, 11) is 0. The second-order valence-corrected chi connectivity index (χ2v) is 4.97. The average molecular weight is 247 g/mol. The molecular weight excluding hydrogens is 226 g/mol. The lowest BCUT2D eigenvalue weighted by molar-refractivity contribution is -0.122. The highest BCUT2D eigenvalue weighted by atomic mass is 16.1. The molecule has 1 saturated heterocycles. The van der Waals surface area contributed by atoms with Gasteiger partial charge in [-0.3, -0.25) is 9.78 Å². The van der Waals surface area contributed by atoms with E-state index in [4.69, 9.17) is 0 Å². The monoisotopic (exact) mass is 247 g/mol. The summed E-state index contributed by atoms with van der Waals surface area (Å²) in [5, 5.41) is 6.36. The first-order chi connectivity index (χ1) is 8.75. The van der Waals surface area contributed by atoms with Gasteiger partial charge in [0.05, 0.1) is 6.04 Å². The molecule has 0 bridgehead atoms. The Morgan fingerprint density at radius 3 is 3.00 bits per heavy atom. The molecule has 2 heterocycles. The Labute approximate surface area is 108 Å². The third-order valence-corrected chi connectivity index (χ3v) is 3.49. The van der Waals surface area contributed by atoms with Gasteiger partial charge in [0, 0.05) is 18.8 Å². The van der Waals surface area contributed by atoms with Crippen molar-refractivity contribution in [1.29, 1.82) is 0 Å². The van der Waals surface area contributed by atoms with Crippen LogP contribution in [0, 0.1) is 5.92 Å². The number of nitrogens with zero attached hydrogens (tertiary/aromatic N) is 1. The van der Waals surface area contributed by atoms with Gasteiger partial charge in [-0.15, -0.1) is 0 Å². The summed E-state index contributed by atoms with van der Waals surface area (Å²) in [6, 6.07) is 3.92. The van der Waals surface area contributed by atoms with Gasteiger partial charge in [-0.2, -0.15) is 0 Å². The number of hydrogen-bond acceptors (Lipinski definition) is 3. The van der Waals surface area contributed by atoms with Crippen molar-refractivity contribution in [3.05, 3.63) is 30.1 Å². The fourth-order valence-electron chi connectivity index (χ4n) is 2.36. The average Bonchev–Trinajstić information content (AvgIpc) is 2.40. The van der Waals surface area contributed by atoms with Crippen LogP contribution in [0.15, 0.2) is 24.5 Å². The first-order valence-electron chi connectivity index (χ1n) is 6.65. The van der Waals surface area contributed by atoms with Crippen LogP contribution >= 0.6 is 0 Å². The fourth-order valence-corrected chi connectivity index (χ4v) is 2.36. The van der Waals surface area contributed by atoms with Gasteiger partial charge in [0.15, 0.2) is 0 Å². The second-order valence-electron chi connectivity index (χ2n) is 4.97. The van der Waals surface area contributed by atoms with Crippen LogP contribution in [0.1, 0.15) is 37.8 Å². The predicted molar refractivity (Wildman–Crippen MR) is 71.0 cm³/mol. The molecule has 1 atom stereocenters. The van der Waals surface area contributed by atoms with Crippen molar-refractivity contribution in [2.24, 2.45) is 5.92 Å². The number of piperidine rings is 1. The Morgan fingerprint density at radius 2 is 2.33 bits per heavy atom. The number of carbonyl (C=O) groups is 1. The largest absolute Gasteiger partial charge is 0.350 e. The maximum absolute atomic E-state index is 11.9. The Bertz CT molecular complexity index is 374. The second kappa shape index (κ2) is 6.50. The summed E-state index contributed by atoms with van der Waals surface area (Å²) in [6.07, 6.45) is 6.40. The normalized spacial score (nSPS) is 18.3. The molecule has 4 heteroatoms. The van der Waals surface area contributed by atoms with Gasteiger partial charge in [0.25, 0.3) is 0 Å². The lowest BCUT2D eigenvalue weighted by Gasteiger charge is -2.23. The fraction of sp³-hybridized carbons (Fsp3) is 0.571. The zero-order valence-corrected chi connectivity index (χ0v) is 10.9. The quantitative estimate of drug-likeness (QED) is 0.850. The third kappa shape index (κ3) is 3.81. The Morgan fingerprint density at radius 1 is 1.56 bits per heavy atom. The zero-order chi connectivity index (χ0) is 12.8. The minimum Gasteiger partial charge on any atom is -0.350 e. The minimum absolute atomic E-state index is 0.0351. The Balaban J connectivity index is 1.80. The predicted octanol–water partition coefficient (Wildman–Crippen LogP) is 1.65. The molecule has 0 aliphatic carbocycles. The maximum Gasteiger partial charge on any atom is 0.220 e. The van der Waals surface area contributed by atoms with Crippen LogP contribution in [0.2, 0.25) is 0 Å². The molecule has 0 aromatic carbocycles. The summed E-state index contributed by atoms with van der Waals surface area (Å²) in [5.74, 6) is 0.686. The van der Waals surface area contributed by atoms with Gasteiger partial charge in [-0.05, 0) is 50.4 Å². The molecule has 0 unspecified atom stereocenters. The van der Waals surface area contributed by atoms with E-state index in [1.54, 1.807) is 12.4 Å². The van der Waals surface area contributed by atoms with Gasteiger partial charge >= 0.3 is 0 Å². The molecule has 1 aromatic heterocycles. The lowest BCUT2D eigenvalue weighted by atomic mass is 9.94. The molecule has 1 aliphatic heterocycles. The van der Waals surface area contributed by atoms with E-state index in [1.807, 2.05) is 19.1 Å². The molecule has 2 N–H and O–H groups in total. The summed E-state index contributed by atoms with van der Waals surface area (Å²) in [6.45, 7) is 4.07. The van der Waals surface area contributed by atoms with E-state index in [0.717, 1.165) is 31.5 Å². The Kier molecular flexibility index (Phi) is 4.70. The van der Waals surface area contributed by atoms with Crippen molar-refractivity contribution in [2.45, 2.75) is 32.2 Å². The molecule has 1 amide bonds. The molecule has 0 saturated carbocycles. The molecule has 1 fully saturated rings. The van der Waals surface area contributed by atoms with Crippen molar-refractivity contribution >= 4 is 5.91 Å². The van der Waals surface area contributed by atoms with Crippen LogP contribution in [-0.4, -0.2) is 24.0 Å². The van der Waals surface area contributed by atoms with Gasteiger partial charge in [0.1, 0.15) is 0 Å². The van der Waals surface area contributed by atoms with Gasteiger partial charge in [0.2, 0.25) is 5.91 Å². The lowest BCUT2D eigenvalue weighted by Crippen LogP contribution is -2.33. The van der Waals surface area contributed by atoms with E-state index in [9.17, 15) is 4.79 Å². The van der Waals surface area contributed by atoms with E-state index < -0.39 is 0 Å². The van der Waals surface area contributed by atoms with Gasteiger partial charge in [-0.25, -0.2) is 0 Å². The number of hydrogen-bond donors (Lipinski definition) is 2.